The van der Waals surface area contributed by atoms with Crippen LogP contribution >= 0.6 is 0 Å². The molecule has 1 amide bonds. The lowest BCUT2D eigenvalue weighted by molar-refractivity contribution is -0.117. The van der Waals surface area contributed by atoms with Gasteiger partial charge < -0.3 is 10.6 Å². The van der Waals surface area contributed by atoms with E-state index in [1.807, 2.05) is 19.1 Å². The van der Waals surface area contributed by atoms with E-state index in [2.05, 4.69) is 20.7 Å². The number of anilines is 3. The summed E-state index contributed by atoms with van der Waals surface area (Å²) < 4.78 is 15.9. The first-order chi connectivity index (χ1) is 14.8. The minimum atomic E-state index is -0.511. The number of carbonyl (C=O) groups is 1. The van der Waals surface area contributed by atoms with Crippen molar-refractivity contribution in [2.45, 2.75) is 27.3 Å². The van der Waals surface area contributed by atoms with Crippen molar-refractivity contribution in [3.05, 3.63) is 81.7 Å². The number of fused-ring (bicyclic) bond motifs is 1. The standard InChI is InChI=1S/C22H21FN6O2/c1-13-4-6-16(7-5-13)25-20(30)12-28-22(31)29-19(27-28)11-15(3)24-21(29)26-17-8-9-18(23)14(2)10-17/h4-11H,12H2,1-3H3,(H,24,26)(H,25,30). The normalized spacial score (nSPS) is 11.0. The zero-order valence-corrected chi connectivity index (χ0v) is 17.3. The molecule has 0 unspecified atom stereocenters. The summed E-state index contributed by atoms with van der Waals surface area (Å²) in [4.78, 5) is 29.8. The predicted molar refractivity (Wildman–Crippen MR) is 116 cm³/mol. The molecule has 2 aromatic heterocycles. The number of aryl methyl sites for hydroxylation is 3. The lowest BCUT2D eigenvalue weighted by atomic mass is 10.2. The Kier molecular flexibility index (Phi) is 5.24. The number of nitrogens with one attached hydrogen (secondary N) is 2. The molecule has 0 aliphatic heterocycles. The second-order valence-electron chi connectivity index (χ2n) is 7.36. The van der Waals surface area contributed by atoms with Gasteiger partial charge in [-0.3, -0.25) is 4.79 Å². The Morgan fingerprint density at radius 3 is 2.45 bits per heavy atom. The number of halogens is 1. The van der Waals surface area contributed by atoms with Gasteiger partial charge in [0.25, 0.3) is 0 Å². The maximum Gasteiger partial charge on any atom is 0.353 e. The monoisotopic (exact) mass is 420 g/mol. The van der Waals surface area contributed by atoms with Crippen molar-refractivity contribution in [1.82, 2.24) is 19.2 Å². The fraction of sp³-hybridized carbons (Fsp3) is 0.182. The van der Waals surface area contributed by atoms with Crippen molar-refractivity contribution < 1.29 is 9.18 Å². The molecule has 9 heteroatoms. The van der Waals surface area contributed by atoms with Gasteiger partial charge in [0, 0.05) is 23.1 Å². The molecule has 31 heavy (non-hydrogen) atoms. The molecule has 0 bridgehead atoms. The van der Waals surface area contributed by atoms with Crippen LogP contribution in [0.1, 0.15) is 16.8 Å². The third-order valence-corrected chi connectivity index (χ3v) is 4.74. The number of hydrogen-bond acceptors (Lipinski definition) is 5. The van der Waals surface area contributed by atoms with E-state index in [9.17, 15) is 14.0 Å². The summed E-state index contributed by atoms with van der Waals surface area (Å²) in [5.74, 6) is -0.462. The quantitative estimate of drug-likeness (QED) is 0.517. The Bertz CT molecular complexity index is 1340. The van der Waals surface area contributed by atoms with E-state index in [4.69, 9.17) is 0 Å². The average molecular weight is 420 g/mol. The Hall–Kier alpha value is -4.01. The fourth-order valence-corrected chi connectivity index (χ4v) is 3.17. The number of carbonyl (C=O) groups excluding carboxylic acids is 1. The van der Waals surface area contributed by atoms with Crippen LogP contribution in [0, 0.1) is 26.6 Å². The van der Waals surface area contributed by atoms with Gasteiger partial charge in [0.15, 0.2) is 5.65 Å². The average Bonchev–Trinajstić information content (AvgIpc) is 3.01. The van der Waals surface area contributed by atoms with Crippen molar-refractivity contribution in [2.75, 3.05) is 10.6 Å². The molecule has 2 heterocycles. The number of benzene rings is 2. The molecule has 0 atom stereocenters. The van der Waals surface area contributed by atoms with E-state index >= 15 is 0 Å². The van der Waals surface area contributed by atoms with Crippen LogP contribution < -0.4 is 16.3 Å². The van der Waals surface area contributed by atoms with Crippen molar-refractivity contribution >= 4 is 28.9 Å². The highest BCUT2D eigenvalue weighted by atomic mass is 19.1. The van der Waals surface area contributed by atoms with Crippen molar-refractivity contribution in [3.63, 3.8) is 0 Å². The number of rotatable bonds is 5. The summed E-state index contributed by atoms with van der Waals surface area (Å²) in [5, 5.41) is 10.1. The minimum Gasteiger partial charge on any atom is -0.325 e. The molecule has 8 nitrogen and oxygen atoms in total. The van der Waals surface area contributed by atoms with E-state index in [1.54, 1.807) is 44.2 Å². The SMILES string of the molecule is Cc1ccc(NC(=O)Cn2nc3cc(C)nc(Nc4ccc(F)c(C)c4)n3c2=O)cc1. The highest BCUT2D eigenvalue weighted by Gasteiger charge is 2.16. The number of amides is 1. The van der Waals surface area contributed by atoms with Crippen LogP contribution in [-0.2, 0) is 11.3 Å². The molecule has 0 radical (unpaired) electrons. The first-order valence-electron chi connectivity index (χ1n) is 9.67. The van der Waals surface area contributed by atoms with E-state index in [-0.39, 0.29) is 24.2 Å². The van der Waals surface area contributed by atoms with E-state index in [0.717, 1.165) is 10.2 Å². The summed E-state index contributed by atoms with van der Waals surface area (Å²) in [6, 6.07) is 13.5. The molecule has 2 N–H and O–H groups in total. The van der Waals surface area contributed by atoms with Gasteiger partial charge >= 0.3 is 5.69 Å². The van der Waals surface area contributed by atoms with Gasteiger partial charge in [0.1, 0.15) is 12.4 Å². The van der Waals surface area contributed by atoms with Gasteiger partial charge in [-0.2, -0.15) is 0 Å². The topological polar surface area (TPSA) is 93.3 Å². The highest BCUT2D eigenvalue weighted by Crippen LogP contribution is 2.19. The van der Waals surface area contributed by atoms with Crippen LogP contribution in [0.15, 0.2) is 53.3 Å². The molecule has 0 saturated heterocycles. The molecule has 0 fully saturated rings. The largest absolute Gasteiger partial charge is 0.353 e. The van der Waals surface area contributed by atoms with E-state index < -0.39 is 5.69 Å². The molecule has 0 aliphatic rings. The molecule has 0 aliphatic carbocycles. The zero-order valence-electron chi connectivity index (χ0n) is 17.3. The third kappa shape index (κ3) is 4.30. The fourth-order valence-electron chi connectivity index (χ4n) is 3.17. The summed E-state index contributed by atoms with van der Waals surface area (Å²) in [6.07, 6.45) is 0. The van der Waals surface area contributed by atoms with Crippen molar-refractivity contribution in [2.24, 2.45) is 0 Å². The second-order valence-corrected chi connectivity index (χ2v) is 7.36. The molecule has 0 spiro atoms. The molecular weight excluding hydrogens is 399 g/mol. The number of nitrogens with zero attached hydrogens (tertiary/aromatic N) is 4. The van der Waals surface area contributed by atoms with Crippen LogP contribution in [0.2, 0.25) is 0 Å². The Balaban J connectivity index is 1.64. The highest BCUT2D eigenvalue weighted by molar-refractivity contribution is 5.90. The van der Waals surface area contributed by atoms with Gasteiger partial charge in [0.05, 0.1) is 0 Å². The second kappa shape index (κ2) is 8.02. The lowest BCUT2D eigenvalue weighted by Gasteiger charge is -2.09. The van der Waals surface area contributed by atoms with Gasteiger partial charge in [-0.15, -0.1) is 5.10 Å². The van der Waals surface area contributed by atoms with E-state index in [0.29, 0.717) is 28.3 Å². The van der Waals surface area contributed by atoms with Crippen molar-refractivity contribution in [3.8, 4) is 0 Å². The number of hydrogen-bond donors (Lipinski definition) is 2. The summed E-state index contributed by atoms with van der Waals surface area (Å²) in [7, 11) is 0. The molecule has 2 aromatic carbocycles. The van der Waals surface area contributed by atoms with Crippen LogP contribution in [-0.4, -0.2) is 25.1 Å². The van der Waals surface area contributed by atoms with Crippen LogP contribution in [0.5, 0.6) is 0 Å². The van der Waals surface area contributed by atoms with Crippen LogP contribution in [0.25, 0.3) is 5.65 Å². The molecule has 4 rings (SSSR count). The molecule has 4 aromatic rings. The minimum absolute atomic E-state index is 0.233. The van der Waals surface area contributed by atoms with E-state index in [1.165, 1.54) is 10.5 Å². The van der Waals surface area contributed by atoms with Crippen molar-refractivity contribution in [1.29, 1.82) is 0 Å². The van der Waals surface area contributed by atoms with Gasteiger partial charge in [-0.1, -0.05) is 17.7 Å². The molecule has 158 valence electrons. The third-order valence-electron chi connectivity index (χ3n) is 4.74. The van der Waals surface area contributed by atoms with Crippen LogP contribution in [0.3, 0.4) is 0 Å². The first-order valence-corrected chi connectivity index (χ1v) is 9.67. The summed E-state index contributed by atoms with van der Waals surface area (Å²) in [6.45, 7) is 5.13. The predicted octanol–water partition coefficient (Wildman–Crippen LogP) is 3.34. The number of aromatic nitrogens is 4. The maximum absolute atomic E-state index is 13.6. The van der Waals surface area contributed by atoms with Gasteiger partial charge in [-0.25, -0.2) is 23.3 Å². The molecule has 0 saturated carbocycles. The maximum atomic E-state index is 13.6. The van der Waals surface area contributed by atoms with Crippen LogP contribution in [0.4, 0.5) is 21.7 Å². The Morgan fingerprint density at radius 1 is 1.03 bits per heavy atom. The summed E-state index contributed by atoms with van der Waals surface area (Å²) >= 11 is 0. The van der Waals surface area contributed by atoms with Gasteiger partial charge in [-0.05, 0) is 56.7 Å². The first kappa shape index (κ1) is 20.3. The molecular formula is C22H21FN6O2. The Labute approximate surface area is 177 Å². The zero-order chi connectivity index (χ0) is 22.1. The lowest BCUT2D eigenvalue weighted by Crippen LogP contribution is -2.29. The summed E-state index contributed by atoms with van der Waals surface area (Å²) in [5.41, 5.74) is 3.23. The Morgan fingerprint density at radius 2 is 1.74 bits per heavy atom. The smallest absolute Gasteiger partial charge is 0.325 e. The van der Waals surface area contributed by atoms with Gasteiger partial charge in [0.2, 0.25) is 11.9 Å².